The molecule has 0 aromatic heterocycles. The minimum absolute atomic E-state index is 0.0548. The second kappa shape index (κ2) is 9.08. The third kappa shape index (κ3) is 4.67. The van der Waals surface area contributed by atoms with Crippen molar-refractivity contribution < 1.29 is 14.3 Å². The molecule has 154 valence electrons. The highest BCUT2D eigenvalue weighted by molar-refractivity contribution is 6.33. The van der Waals surface area contributed by atoms with Gasteiger partial charge in [0.2, 0.25) is 6.79 Å². The maximum Gasteiger partial charge on any atom is 0.267 e. The Morgan fingerprint density at radius 1 is 1.13 bits per heavy atom. The lowest BCUT2D eigenvalue weighted by Crippen LogP contribution is -2.43. The second-order valence-corrected chi connectivity index (χ2v) is 7.50. The Morgan fingerprint density at radius 3 is 2.67 bits per heavy atom. The SMILES string of the molecule is N#C/C(=C/N1CCN(Cc2ccc3c(c2)OCO3)CC1)C(=O)Nc1ccccc1Cl. The number of anilines is 1. The number of ether oxygens (including phenoxy) is 2. The van der Waals surface area contributed by atoms with Crippen LogP contribution in [0.15, 0.2) is 54.2 Å². The van der Waals surface area contributed by atoms with Gasteiger partial charge in [0.1, 0.15) is 11.6 Å². The molecular formula is C22H21ClN4O3. The molecule has 8 heteroatoms. The fourth-order valence-corrected chi connectivity index (χ4v) is 3.60. The van der Waals surface area contributed by atoms with Crippen molar-refractivity contribution >= 4 is 23.2 Å². The molecule has 0 radical (unpaired) electrons. The first-order chi connectivity index (χ1) is 14.6. The van der Waals surface area contributed by atoms with Gasteiger partial charge in [-0.3, -0.25) is 9.69 Å². The third-order valence-corrected chi connectivity index (χ3v) is 5.38. The van der Waals surface area contributed by atoms with E-state index in [1.54, 1.807) is 30.5 Å². The zero-order chi connectivity index (χ0) is 20.9. The van der Waals surface area contributed by atoms with E-state index in [9.17, 15) is 10.1 Å². The summed E-state index contributed by atoms with van der Waals surface area (Å²) in [5.74, 6) is 1.11. The first-order valence-corrected chi connectivity index (χ1v) is 10.0. The average Bonchev–Trinajstić information content (AvgIpc) is 3.22. The van der Waals surface area contributed by atoms with E-state index in [4.69, 9.17) is 21.1 Å². The van der Waals surface area contributed by atoms with Gasteiger partial charge in [0.25, 0.3) is 5.91 Å². The highest BCUT2D eigenvalue weighted by Gasteiger charge is 2.19. The van der Waals surface area contributed by atoms with E-state index in [0.29, 0.717) is 10.7 Å². The maximum atomic E-state index is 12.4. The number of fused-ring (bicyclic) bond motifs is 1. The van der Waals surface area contributed by atoms with E-state index in [-0.39, 0.29) is 12.4 Å². The van der Waals surface area contributed by atoms with Crippen molar-refractivity contribution in [2.75, 3.05) is 38.3 Å². The normalized spacial score (nSPS) is 16.3. The quantitative estimate of drug-likeness (QED) is 0.586. The summed E-state index contributed by atoms with van der Waals surface area (Å²) >= 11 is 6.07. The third-order valence-electron chi connectivity index (χ3n) is 5.05. The number of nitriles is 1. The lowest BCUT2D eigenvalue weighted by Gasteiger charge is -2.34. The van der Waals surface area contributed by atoms with Crippen LogP contribution in [-0.4, -0.2) is 48.7 Å². The molecule has 2 aliphatic heterocycles. The molecule has 2 aromatic carbocycles. The summed E-state index contributed by atoms with van der Waals surface area (Å²) in [5.41, 5.74) is 1.71. The second-order valence-electron chi connectivity index (χ2n) is 7.09. The zero-order valence-electron chi connectivity index (χ0n) is 16.3. The lowest BCUT2D eigenvalue weighted by molar-refractivity contribution is -0.112. The number of carbonyl (C=O) groups excluding carboxylic acids is 1. The largest absolute Gasteiger partial charge is 0.454 e. The highest BCUT2D eigenvalue weighted by Crippen LogP contribution is 2.32. The topological polar surface area (TPSA) is 77.8 Å². The van der Waals surface area contributed by atoms with Crippen molar-refractivity contribution in [3.63, 3.8) is 0 Å². The summed E-state index contributed by atoms with van der Waals surface area (Å²) in [5, 5.41) is 12.5. The number of para-hydroxylation sites is 1. The number of nitrogens with one attached hydrogen (secondary N) is 1. The summed E-state index contributed by atoms with van der Waals surface area (Å²) < 4.78 is 10.8. The number of hydrogen-bond acceptors (Lipinski definition) is 6. The molecule has 30 heavy (non-hydrogen) atoms. The van der Waals surface area contributed by atoms with Crippen LogP contribution in [0.2, 0.25) is 5.02 Å². The summed E-state index contributed by atoms with van der Waals surface area (Å²) in [7, 11) is 0. The molecule has 7 nitrogen and oxygen atoms in total. The Balaban J connectivity index is 1.32. The summed E-state index contributed by atoms with van der Waals surface area (Å²) in [4.78, 5) is 16.8. The van der Waals surface area contributed by atoms with E-state index >= 15 is 0 Å². The Hall–Kier alpha value is -3.21. The predicted molar refractivity (Wildman–Crippen MR) is 113 cm³/mol. The fraction of sp³-hybridized carbons (Fsp3) is 0.273. The standard InChI is InChI=1S/C22H21ClN4O3/c23-18-3-1-2-4-19(18)25-22(28)17(12-24)14-27-9-7-26(8-10-27)13-16-5-6-20-21(11-16)30-15-29-20/h1-6,11,14H,7-10,13,15H2,(H,25,28)/b17-14-. The molecule has 4 rings (SSSR count). The van der Waals surface area contributed by atoms with Crippen molar-refractivity contribution in [1.82, 2.24) is 9.80 Å². The van der Waals surface area contributed by atoms with Gasteiger partial charge in [-0.1, -0.05) is 29.8 Å². The van der Waals surface area contributed by atoms with Gasteiger partial charge >= 0.3 is 0 Å². The van der Waals surface area contributed by atoms with Gasteiger partial charge in [-0.15, -0.1) is 0 Å². The molecule has 0 unspecified atom stereocenters. The summed E-state index contributed by atoms with van der Waals surface area (Å²) in [6.45, 7) is 4.21. The molecule has 0 saturated carbocycles. The molecular weight excluding hydrogens is 404 g/mol. The minimum atomic E-state index is -0.464. The number of amides is 1. The molecule has 2 aliphatic rings. The van der Waals surface area contributed by atoms with Crippen molar-refractivity contribution in [1.29, 1.82) is 5.26 Å². The minimum Gasteiger partial charge on any atom is -0.454 e. The molecule has 2 aromatic rings. The van der Waals surface area contributed by atoms with Crippen LogP contribution in [0.5, 0.6) is 11.5 Å². The Labute approximate surface area is 180 Å². The van der Waals surface area contributed by atoms with Crippen LogP contribution in [-0.2, 0) is 11.3 Å². The average molecular weight is 425 g/mol. The van der Waals surface area contributed by atoms with Crippen molar-refractivity contribution in [3.8, 4) is 17.6 Å². The summed E-state index contributed by atoms with van der Waals surface area (Å²) in [6, 6.07) is 14.9. The molecule has 1 N–H and O–H groups in total. The first kappa shape index (κ1) is 20.1. The first-order valence-electron chi connectivity index (χ1n) is 9.65. The Kier molecular flexibility index (Phi) is 6.07. The van der Waals surface area contributed by atoms with E-state index in [1.807, 2.05) is 29.2 Å². The lowest BCUT2D eigenvalue weighted by atomic mass is 10.1. The van der Waals surface area contributed by atoms with Gasteiger partial charge in [-0.25, -0.2) is 0 Å². The number of piperazine rings is 1. The van der Waals surface area contributed by atoms with Crippen LogP contribution >= 0.6 is 11.6 Å². The number of benzene rings is 2. The zero-order valence-corrected chi connectivity index (χ0v) is 17.1. The van der Waals surface area contributed by atoms with Crippen molar-refractivity contribution in [2.24, 2.45) is 0 Å². The van der Waals surface area contributed by atoms with Crippen LogP contribution in [0.1, 0.15) is 5.56 Å². The monoisotopic (exact) mass is 424 g/mol. The van der Waals surface area contributed by atoms with E-state index in [2.05, 4.69) is 10.2 Å². The van der Waals surface area contributed by atoms with Crippen molar-refractivity contribution in [2.45, 2.75) is 6.54 Å². The highest BCUT2D eigenvalue weighted by atomic mass is 35.5. The predicted octanol–water partition coefficient (Wildman–Crippen LogP) is 3.23. The van der Waals surface area contributed by atoms with Gasteiger partial charge in [-0.2, -0.15) is 5.26 Å². The van der Waals surface area contributed by atoms with Gasteiger partial charge in [-0.05, 0) is 29.8 Å². The number of nitrogens with zero attached hydrogens (tertiary/aromatic N) is 3. The Morgan fingerprint density at radius 2 is 1.90 bits per heavy atom. The van der Waals surface area contributed by atoms with Gasteiger partial charge in [0, 0.05) is 38.9 Å². The smallest absolute Gasteiger partial charge is 0.267 e. The number of halogens is 1. The number of carbonyl (C=O) groups is 1. The molecule has 0 spiro atoms. The molecule has 1 fully saturated rings. The molecule has 0 aliphatic carbocycles. The van der Waals surface area contributed by atoms with Crippen molar-refractivity contribution in [3.05, 3.63) is 64.8 Å². The maximum absolute atomic E-state index is 12.4. The van der Waals surface area contributed by atoms with Crippen LogP contribution in [0.25, 0.3) is 0 Å². The molecule has 1 amide bonds. The molecule has 2 heterocycles. The summed E-state index contributed by atoms with van der Waals surface area (Å²) in [6.07, 6.45) is 1.63. The van der Waals surface area contributed by atoms with Gasteiger partial charge in [0.15, 0.2) is 11.5 Å². The van der Waals surface area contributed by atoms with E-state index in [0.717, 1.165) is 44.2 Å². The van der Waals surface area contributed by atoms with Crippen LogP contribution in [0.3, 0.4) is 0 Å². The van der Waals surface area contributed by atoms with Crippen LogP contribution < -0.4 is 14.8 Å². The fourth-order valence-electron chi connectivity index (χ4n) is 3.42. The number of rotatable bonds is 5. The van der Waals surface area contributed by atoms with Gasteiger partial charge < -0.3 is 19.7 Å². The van der Waals surface area contributed by atoms with Gasteiger partial charge in [0.05, 0.1) is 10.7 Å². The molecule has 1 saturated heterocycles. The van der Waals surface area contributed by atoms with E-state index < -0.39 is 5.91 Å². The molecule has 0 atom stereocenters. The Bertz CT molecular complexity index is 1010. The molecule has 0 bridgehead atoms. The van der Waals surface area contributed by atoms with Crippen LogP contribution in [0.4, 0.5) is 5.69 Å². The van der Waals surface area contributed by atoms with Crippen LogP contribution in [0, 0.1) is 11.3 Å². The van der Waals surface area contributed by atoms with E-state index in [1.165, 1.54) is 5.56 Å². The number of hydrogen-bond donors (Lipinski definition) is 1.